The van der Waals surface area contributed by atoms with Crippen LogP contribution in [0.1, 0.15) is 12.5 Å². The molecular weight excluding hydrogens is 200 g/mol. The highest BCUT2D eigenvalue weighted by Gasteiger charge is 2.28. The normalized spacial score (nSPS) is 15.6. The number of rotatable bonds is 4. The van der Waals surface area contributed by atoms with Gasteiger partial charge in [-0.05, 0) is 12.5 Å². The molecule has 1 saturated heterocycles. The Morgan fingerprint density at radius 3 is 2.56 bits per heavy atom. The molecule has 16 heavy (non-hydrogen) atoms. The topological polar surface area (TPSA) is 32.3 Å². The smallest absolute Gasteiger partial charge is 0.228 e. The van der Waals surface area contributed by atoms with Crippen LogP contribution in [0.5, 0.6) is 0 Å². The first-order valence-corrected chi connectivity index (χ1v) is 5.84. The van der Waals surface area contributed by atoms with E-state index in [-0.39, 0.29) is 11.8 Å². The summed E-state index contributed by atoms with van der Waals surface area (Å²) in [7, 11) is 0. The Kier molecular flexibility index (Phi) is 3.57. The van der Waals surface area contributed by atoms with Crippen molar-refractivity contribution >= 4 is 5.91 Å². The molecule has 1 fully saturated rings. The summed E-state index contributed by atoms with van der Waals surface area (Å²) in [5.74, 6) is 0.480. The zero-order chi connectivity index (χ0) is 11.4. The van der Waals surface area contributed by atoms with Gasteiger partial charge in [0.05, 0.1) is 5.92 Å². The molecule has 0 atom stereocenters. The molecule has 1 amide bonds. The monoisotopic (exact) mass is 218 g/mol. The fraction of sp³-hybridized carbons (Fsp3) is 0.462. The number of amides is 1. The minimum absolute atomic E-state index is 0.198. The molecule has 0 aromatic heterocycles. The Labute approximate surface area is 96.5 Å². The molecule has 0 bridgehead atoms. The number of hydrogen-bond donors (Lipinski definition) is 1. The van der Waals surface area contributed by atoms with Crippen molar-refractivity contribution < 1.29 is 4.79 Å². The Morgan fingerprint density at radius 2 is 2.06 bits per heavy atom. The van der Waals surface area contributed by atoms with Gasteiger partial charge in [0.25, 0.3) is 0 Å². The molecule has 0 unspecified atom stereocenters. The van der Waals surface area contributed by atoms with Crippen LogP contribution in [-0.2, 0) is 11.3 Å². The van der Waals surface area contributed by atoms with Gasteiger partial charge in [-0.3, -0.25) is 4.79 Å². The summed E-state index contributed by atoms with van der Waals surface area (Å²) >= 11 is 0. The molecular formula is C13H18N2O. The number of nitrogens with zero attached hydrogens (tertiary/aromatic N) is 1. The standard InChI is InChI=1S/C13H18N2O/c1-2-15(13(16)12-8-14-9-12)10-11-6-4-3-5-7-11/h3-7,12,14H,2,8-10H2,1H3. The molecule has 1 aliphatic rings. The third-order valence-corrected chi connectivity index (χ3v) is 3.04. The average Bonchev–Trinajstić information content (AvgIpc) is 2.25. The van der Waals surface area contributed by atoms with Crippen molar-refractivity contribution in [2.45, 2.75) is 13.5 Å². The third-order valence-electron chi connectivity index (χ3n) is 3.04. The maximum Gasteiger partial charge on any atom is 0.228 e. The van der Waals surface area contributed by atoms with Gasteiger partial charge in [0.1, 0.15) is 0 Å². The lowest BCUT2D eigenvalue weighted by molar-refractivity contribution is -0.137. The molecule has 0 saturated carbocycles. The minimum Gasteiger partial charge on any atom is -0.338 e. The fourth-order valence-electron chi connectivity index (χ4n) is 1.87. The van der Waals surface area contributed by atoms with Gasteiger partial charge in [0.2, 0.25) is 5.91 Å². The molecule has 1 N–H and O–H groups in total. The van der Waals surface area contributed by atoms with Gasteiger partial charge in [-0.25, -0.2) is 0 Å². The fourth-order valence-corrected chi connectivity index (χ4v) is 1.87. The number of nitrogens with one attached hydrogen (secondary N) is 1. The number of carbonyl (C=O) groups excluding carboxylic acids is 1. The van der Waals surface area contributed by atoms with E-state index in [2.05, 4.69) is 17.4 Å². The third kappa shape index (κ3) is 2.42. The van der Waals surface area contributed by atoms with Gasteiger partial charge in [0.15, 0.2) is 0 Å². The van der Waals surface area contributed by atoms with E-state index in [9.17, 15) is 4.79 Å². The number of hydrogen-bond acceptors (Lipinski definition) is 2. The van der Waals surface area contributed by atoms with Crippen molar-refractivity contribution in [3.8, 4) is 0 Å². The van der Waals surface area contributed by atoms with Crippen LogP contribution in [-0.4, -0.2) is 30.4 Å². The lowest BCUT2D eigenvalue weighted by atomic mass is 10.0. The molecule has 86 valence electrons. The van der Waals surface area contributed by atoms with Gasteiger partial charge in [0, 0.05) is 26.2 Å². The summed E-state index contributed by atoms with van der Waals surface area (Å²) in [4.78, 5) is 14.0. The molecule has 1 heterocycles. The van der Waals surface area contributed by atoms with Gasteiger partial charge >= 0.3 is 0 Å². The van der Waals surface area contributed by atoms with E-state index in [0.717, 1.165) is 26.2 Å². The zero-order valence-electron chi connectivity index (χ0n) is 9.65. The summed E-state index contributed by atoms with van der Waals surface area (Å²) in [5, 5.41) is 3.14. The minimum atomic E-state index is 0.198. The second-order valence-corrected chi connectivity index (χ2v) is 4.19. The zero-order valence-corrected chi connectivity index (χ0v) is 9.65. The van der Waals surface area contributed by atoms with Crippen LogP contribution < -0.4 is 5.32 Å². The van der Waals surface area contributed by atoms with E-state index in [1.54, 1.807) is 0 Å². The summed E-state index contributed by atoms with van der Waals surface area (Å²) in [6.45, 7) is 5.22. The first-order chi connectivity index (χ1) is 7.81. The van der Waals surface area contributed by atoms with E-state index in [1.165, 1.54) is 5.56 Å². The van der Waals surface area contributed by atoms with Crippen molar-refractivity contribution in [1.29, 1.82) is 0 Å². The molecule has 0 aliphatic carbocycles. The maximum absolute atomic E-state index is 12.0. The van der Waals surface area contributed by atoms with Gasteiger partial charge in [-0.2, -0.15) is 0 Å². The number of benzene rings is 1. The highest BCUT2D eigenvalue weighted by atomic mass is 16.2. The summed E-state index contributed by atoms with van der Waals surface area (Å²) in [5.41, 5.74) is 1.20. The first-order valence-electron chi connectivity index (χ1n) is 5.84. The van der Waals surface area contributed by atoms with Gasteiger partial charge in [-0.1, -0.05) is 30.3 Å². The van der Waals surface area contributed by atoms with Crippen LogP contribution in [0.25, 0.3) is 0 Å². The van der Waals surface area contributed by atoms with Crippen LogP contribution in [0.3, 0.4) is 0 Å². The Hall–Kier alpha value is -1.35. The van der Waals surface area contributed by atoms with Crippen molar-refractivity contribution in [2.75, 3.05) is 19.6 Å². The lowest BCUT2D eigenvalue weighted by Gasteiger charge is -2.31. The Morgan fingerprint density at radius 1 is 1.38 bits per heavy atom. The van der Waals surface area contributed by atoms with E-state index < -0.39 is 0 Å². The highest BCUT2D eigenvalue weighted by molar-refractivity contribution is 5.80. The quantitative estimate of drug-likeness (QED) is 0.825. The van der Waals surface area contributed by atoms with E-state index in [1.807, 2.05) is 30.0 Å². The predicted octanol–water partition coefficient (Wildman–Crippen LogP) is 1.25. The van der Waals surface area contributed by atoms with Gasteiger partial charge < -0.3 is 10.2 Å². The molecule has 2 rings (SSSR count). The summed E-state index contributed by atoms with van der Waals surface area (Å²) in [6.07, 6.45) is 0. The van der Waals surface area contributed by atoms with Crippen molar-refractivity contribution in [3.05, 3.63) is 35.9 Å². The number of carbonyl (C=O) groups is 1. The van der Waals surface area contributed by atoms with Crippen LogP contribution in [0.15, 0.2) is 30.3 Å². The molecule has 1 aliphatic heterocycles. The summed E-state index contributed by atoms with van der Waals surface area (Å²) in [6, 6.07) is 10.2. The molecule has 0 spiro atoms. The Balaban J connectivity index is 1.97. The molecule has 3 nitrogen and oxygen atoms in total. The van der Waals surface area contributed by atoms with Crippen LogP contribution in [0, 0.1) is 5.92 Å². The molecule has 0 radical (unpaired) electrons. The van der Waals surface area contributed by atoms with E-state index >= 15 is 0 Å². The Bertz CT molecular complexity index is 346. The molecule has 3 heteroatoms. The van der Waals surface area contributed by atoms with Crippen molar-refractivity contribution in [3.63, 3.8) is 0 Å². The van der Waals surface area contributed by atoms with Crippen LogP contribution in [0.4, 0.5) is 0 Å². The summed E-state index contributed by atoms with van der Waals surface area (Å²) < 4.78 is 0. The van der Waals surface area contributed by atoms with Crippen LogP contribution >= 0.6 is 0 Å². The predicted molar refractivity (Wildman–Crippen MR) is 63.9 cm³/mol. The lowest BCUT2D eigenvalue weighted by Crippen LogP contribution is -2.51. The van der Waals surface area contributed by atoms with Gasteiger partial charge in [-0.15, -0.1) is 0 Å². The molecule has 1 aromatic carbocycles. The SMILES string of the molecule is CCN(Cc1ccccc1)C(=O)C1CNC1. The average molecular weight is 218 g/mol. The largest absolute Gasteiger partial charge is 0.338 e. The highest BCUT2D eigenvalue weighted by Crippen LogP contribution is 2.11. The molecule has 1 aromatic rings. The second kappa shape index (κ2) is 5.12. The van der Waals surface area contributed by atoms with E-state index in [0.29, 0.717) is 0 Å². The first kappa shape index (κ1) is 11.1. The van der Waals surface area contributed by atoms with Crippen molar-refractivity contribution in [2.24, 2.45) is 5.92 Å². The van der Waals surface area contributed by atoms with Crippen molar-refractivity contribution in [1.82, 2.24) is 10.2 Å². The van der Waals surface area contributed by atoms with E-state index in [4.69, 9.17) is 0 Å². The maximum atomic E-state index is 12.0. The second-order valence-electron chi connectivity index (χ2n) is 4.19. The van der Waals surface area contributed by atoms with Crippen LogP contribution in [0.2, 0.25) is 0 Å².